The summed E-state index contributed by atoms with van der Waals surface area (Å²) in [7, 11) is 3.61. The van der Waals surface area contributed by atoms with E-state index in [4.69, 9.17) is 4.74 Å². The SMILES string of the molecule is CN(C)/C=N/c1cc(F)c(N2C[C@@H]3C[C@H]2CN3C(=O)OC(C)(C)C)cc1C#N. The zero-order chi connectivity index (χ0) is 20.6. The summed E-state index contributed by atoms with van der Waals surface area (Å²) in [5.74, 6) is -0.415. The van der Waals surface area contributed by atoms with Crippen LogP contribution in [0, 0.1) is 17.1 Å². The Labute approximate surface area is 165 Å². The van der Waals surface area contributed by atoms with Gasteiger partial charge >= 0.3 is 6.09 Å². The quantitative estimate of drug-likeness (QED) is 0.589. The van der Waals surface area contributed by atoms with Crippen molar-refractivity contribution in [1.82, 2.24) is 9.80 Å². The number of benzene rings is 1. The average Bonchev–Trinajstić information content (AvgIpc) is 3.19. The second kappa shape index (κ2) is 7.30. The number of aliphatic imine (C=N–C) groups is 1. The van der Waals surface area contributed by atoms with Crippen LogP contribution in [0.2, 0.25) is 0 Å². The number of carbonyl (C=O) groups excluding carboxylic acids is 1. The number of fused-ring (bicyclic) bond motifs is 2. The van der Waals surface area contributed by atoms with Gasteiger partial charge in [0.2, 0.25) is 0 Å². The molecule has 2 saturated heterocycles. The van der Waals surface area contributed by atoms with Gasteiger partial charge in [-0.05, 0) is 33.3 Å². The molecule has 0 saturated carbocycles. The van der Waals surface area contributed by atoms with E-state index in [1.807, 2.05) is 25.7 Å². The molecule has 1 aromatic rings. The van der Waals surface area contributed by atoms with E-state index in [1.54, 1.807) is 30.0 Å². The number of nitriles is 1. The second-order valence-corrected chi connectivity index (χ2v) is 8.47. The Balaban J connectivity index is 1.78. The van der Waals surface area contributed by atoms with E-state index in [2.05, 4.69) is 11.1 Å². The number of hydrogen-bond donors (Lipinski definition) is 0. The fourth-order valence-electron chi connectivity index (χ4n) is 3.65. The van der Waals surface area contributed by atoms with Crippen LogP contribution in [0.5, 0.6) is 0 Å². The Morgan fingerprint density at radius 3 is 2.61 bits per heavy atom. The summed E-state index contributed by atoms with van der Waals surface area (Å²) in [6.45, 7) is 6.52. The highest BCUT2D eigenvalue weighted by Gasteiger charge is 2.47. The molecular formula is C20H26FN5O2. The zero-order valence-corrected chi connectivity index (χ0v) is 16.9. The minimum absolute atomic E-state index is 0.00897. The number of rotatable bonds is 3. The van der Waals surface area contributed by atoms with Gasteiger partial charge in [0.15, 0.2) is 0 Å². The molecule has 0 unspecified atom stereocenters. The van der Waals surface area contributed by atoms with E-state index < -0.39 is 11.4 Å². The molecule has 2 bridgehead atoms. The summed E-state index contributed by atoms with van der Waals surface area (Å²) in [6, 6.07) is 4.94. The van der Waals surface area contributed by atoms with Crippen molar-refractivity contribution in [3.63, 3.8) is 0 Å². The van der Waals surface area contributed by atoms with Crippen LogP contribution in [0.15, 0.2) is 17.1 Å². The Bertz CT molecular complexity index is 840. The van der Waals surface area contributed by atoms with Crippen molar-refractivity contribution in [3.05, 3.63) is 23.5 Å². The highest BCUT2D eigenvalue weighted by molar-refractivity contribution is 5.72. The lowest BCUT2D eigenvalue weighted by Gasteiger charge is -2.36. The number of nitrogens with zero attached hydrogens (tertiary/aromatic N) is 5. The van der Waals surface area contributed by atoms with Gasteiger partial charge in [-0.2, -0.15) is 5.26 Å². The van der Waals surface area contributed by atoms with E-state index in [-0.39, 0.29) is 18.2 Å². The maximum atomic E-state index is 14.8. The molecule has 2 aliphatic rings. The lowest BCUT2D eigenvalue weighted by Crippen LogP contribution is -2.50. The molecule has 28 heavy (non-hydrogen) atoms. The van der Waals surface area contributed by atoms with Gasteiger partial charge in [-0.25, -0.2) is 14.2 Å². The highest BCUT2D eigenvalue weighted by Crippen LogP contribution is 2.38. The van der Waals surface area contributed by atoms with Gasteiger partial charge in [0.25, 0.3) is 0 Å². The third-order valence-electron chi connectivity index (χ3n) is 4.79. The summed E-state index contributed by atoms with van der Waals surface area (Å²) in [5, 5.41) is 9.45. The molecule has 7 nitrogen and oxygen atoms in total. The Morgan fingerprint density at radius 2 is 2.07 bits per heavy atom. The third kappa shape index (κ3) is 4.03. The van der Waals surface area contributed by atoms with Gasteiger partial charge in [-0.15, -0.1) is 0 Å². The average molecular weight is 387 g/mol. The molecule has 1 amide bonds. The number of carbonyl (C=O) groups is 1. The summed E-state index contributed by atoms with van der Waals surface area (Å²) in [4.78, 5) is 21.9. The van der Waals surface area contributed by atoms with Crippen LogP contribution in [0.3, 0.4) is 0 Å². The number of halogens is 1. The number of likely N-dealkylation sites (tertiary alicyclic amines) is 1. The van der Waals surface area contributed by atoms with Gasteiger partial charge in [-0.1, -0.05) is 0 Å². The molecule has 0 aromatic heterocycles. The van der Waals surface area contributed by atoms with E-state index in [0.29, 0.717) is 30.0 Å². The van der Waals surface area contributed by atoms with Gasteiger partial charge in [0, 0.05) is 39.3 Å². The van der Waals surface area contributed by atoms with Crippen LogP contribution >= 0.6 is 0 Å². The number of ether oxygens (including phenoxy) is 1. The van der Waals surface area contributed by atoms with Crippen LogP contribution < -0.4 is 4.90 Å². The minimum atomic E-state index is -0.546. The predicted octanol–water partition coefficient (Wildman–Crippen LogP) is 3.12. The molecule has 0 spiro atoms. The number of piperazine rings is 1. The topological polar surface area (TPSA) is 72.2 Å². The summed E-state index contributed by atoms with van der Waals surface area (Å²) in [5.41, 5.74) is 0.463. The monoisotopic (exact) mass is 387 g/mol. The van der Waals surface area contributed by atoms with Crippen molar-refractivity contribution in [2.24, 2.45) is 4.99 Å². The molecule has 0 N–H and O–H groups in total. The first kappa shape index (κ1) is 19.9. The van der Waals surface area contributed by atoms with Crippen molar-refractivity contribution in [2.75, 3.05) is 32.1 Å². The molecule has 0 aliphatic carbocycles. The second-order valence-electron chi connectivity index (χ2n) is 8.47. The molecule has 2 fully saturated rings. The molecule has 2 atom stereocenters. The Morgan fingerprint density at radius 1 is 1.36 bits per heavy atom. The molecule has 150 valence electrons. The van der Waals surface area contributed by atoms with Gasteiger partial charge in [0.1, 0.15) is 17.5 Å². The first-order valence-electron chi connectivity index (χ1n) is 9.29. The van der Waals surface area contributed by atoms with E-state index >= 15 is 0 Å². The van der Waals surface area contributed by atoms with Gasteiger partial charge < -0.3 is 19.4 Å². The highest BCUT2D eigenvalue weighted by atomic mass is 19.1. The Kier molecular flexibility index (Phi) is 5.20. The van der Waals surface area contributed by atoms with Crippen molar-refractivity contribution in [2.45, 2.75) is 44.9 Å². The first-order valence-corrected chi connectivity index (χ1v) is 9.29. The molecular weight excluding hydrogens is 361 g/mol. The smallest absolute Gasteiger partial charge is 0.410 e. The molecule has 1 aromatic carbocycles. The number of hydrogen-bond acceptors (Lipinski definition) is 5. The molecule has 2 aliphatic heterocycles. The van der Waals surface area contributed by atoms with Crippen LogP contribution in [-0.4, -0.2) is 67.1 Å². The van der Waals surface area contributed by atoms with Crippen molar-refractivity contribution >= 4 is 23.8 Å². The van der Waals surface area contributed by atoms with E-state index in [9.17, 15) is 14.4 Å². The van der Waals surface area contributed by atoms with Crippen molar-refractivity contribution < 1.29 is 13.9 Å². The summed E-state index contributed by atoms with van der Waals surface area (Å²) in [6.07, 6.45) is 1.97. The molecule has 8 heteroatoms. The normalized spacial score (nSPS) is 21.3. The number of amides is 1. The third-order valence-corrected chi connectivity index (χ3v) is 4.79. The van der Waals surface area contributed by atoms with E-state index in [1.165, 1.54) is 12.4 Å². The molecule has 0 radical (unpaired) electrons. The van der Waals surface area contributed by atoms with Gasteiger partial charge in [0.05, 0.1) is 29.3 Å². The van der Waals surface area contributed by atoms with Crippen molar-refractivity contribution in [1.29, 1.82) is 5.26 Å². The van der Waals surface area contributed by atoms with Crippen LogP contribution in [0.1, 0.15) is 32.8 Å². The van der Waals surface area contributed by atoms with Crippen LogP contribution in [-0.2, 0) is 4.74 Å². The standard InChI is InChI=1S/C20H26FN5O2/c1-20(2,3)28-19(27)26-11-14-7-15(26)10-25(14)18-6-13(9-22)17(8-16(18)21)23-12-24(4)5/h6,8,12,14-15H,7,10-11H2,1-5H3/b23-12+/t14-,15-/m0/s1. The Hall–Kier alpha value is -2.82. The van der Waals surface area contributed by atoms with Crippen LogP contribution in [0.4, 0.5) is 20.6 Å². The van der Waals surface area contributed by atoms with Crippen LogP contribution in [0.25, 0.3) is 0 Å². The maximum Gasteiger partial charge on any atom is 0.410 e. The molecule has 3 rings (SSSR count). The fourth-order valence-corrected chi connectivity index (χ4v) is 3.65. The zero-order valence-electron chi connectivity index (χ0n) is 16.9. The largest absolute Gasteiger partial charge is 0.444 e. The van der Waals surface area contributed by atoms with E-state index in [0.717, 1.165) is 6.42 Å². The number of anilines is 1. The minimum Gasteiger partial charge on any atom is -0.444 e. The summed E-state index contributed by atoms with van der Waals surface area (Å²) >= 11 is 0. The fraction of sp³-hybridized carbons (Fsp3) is 0.550. The lowest BCUT2D eigenvalue weighted by atomic mass is 10.1. The summed E-state index contributed by atoms with van der Waals surface area (Å²) < 4.78 is 20.3. The van der Waals surface area contributed by atoms with Crippen molar-refractivity contribution in [3.8, 4) is 6.07 Å². The predicted molar refractivity (Wildman–Crippen MR) is 105 cm³/mol. The first-order chi connectivity index (χ1) is 13.1. The maximum absolute atomic E-state index is 14.8. The molecule has 2 heterocycles. The van der Waals surface area contributed by atoms with Gasteiger partial charge in [-0.3, -0.25) is 0 Å². The lowest BCUT2D eigenvalue weighted by molar-refractivity contribution is 0.0214.